The lowest BCUT2D eigenvalue weighted by atomic mass is 10.1. The predicted octanol–water partition coefficient (Wildman–Crippen LogP) is 1.34. The van der Waals surface area contributed by atoms with E-state index < -0.39 is 5.97 Å². The summed E-state index contributed by atoms with van der Waals surface area (Å²) in [6.45, 7) is 3.33. The van der Waals surface area contributed by atoms with E-state index in [0.29, 0.717) is 22.2 Å². The van der Waals surface area contributed by atoms with Crippen LogP contribution in [0.1, 0.15) is 27.3 Å². The zero-order chi connectivity index (χ0) is 20.4. The summed E-state index contributed by atoms with van der Waals surface area (Å²) < 4.78 is 1.20. The molecule has 8 nitrogen and oxygen atoms in total. The number of carbonyl (C=O) groups excluding carboxylic acids is 1. The molecule has 2 heterocycles. The molecular weight excluding hydrogens is 370 g/mol. The van der Waals surface area contributed by atoms with Gasteiger partial charge in [-0.3, -0.25) is 4.79 Å². The summed E-state index contributed by atoms with van der Waals surface area (Å²) in [5, 5.41) is 12.9. The fraction of sp³-hybridized carbons (Fsp3) is 0.0952. The number of nitrogens with one attached hydrogen (secondary N) is 1. The smallest absolute Gasteiger partial charge is 0.338 e. The van der Waals surface area contributed by atoms with Crippen LogP contribution in [0.3, 0.4) is 0 Å². The molecule has 0 spiro atoms. The Morgan fingerprint density at radius 3 is 2.17 bits per heavy atom. The molecular formula is C21H17N5O3. The molecule has 2 aromatic carbocycles. The maximum Gasteiger partial charge on any atom is 0.362 e. The first-order chi connectivity index (χ1) is 14.1. The molecule has 0 unspecified atom stereocenters. The zero-order valence-electron chi connectivity index (χ0n) is 15.8. The first-order valence-corrected chi connectivity index (χ1v) is 8.91. The SMILES string of the molecule is Cc1nnc2/c(=C(/NOC(=O)c3ccccc3)c3ccccc3)c(C)nn2c1=O. The van der Waals surface area contributed by atoms with Crippen molar-refractivity contribution < 1.29 is 9.63 Å². The van der Waals surface area contributed by atoms with Crippen LogP contribution in [0.5, 0.6) is 0 Å². The quantitative estimate of drug-likeness (QED) is 0.528. The van der Waals surface area contributed by atoms with Gasteiger partial charge in [0.2, 0.25) is 0 Å². The van der Waals surface area contributed by atoms with Crippen molar-refractivity contribution >= 4 is 17.3 Å². The molecule has 0 saturated heterocycles. The number of hydroxylamine groups is 1. The Balaban J connectivity index is 1.87. The van der Waals surface area contributed by atoms with Gasteiger partial charge in [0.15, 0.2) is 5.65 Å². The van der Waals surface area contributed by atoms with E-state index in [4.69, 9.17) is 4.84 Å². The molecule has 8 heteroatoms. The number of rotatable bonds is 4. The molecule has 0 amide bonds. The molecule has 2 aromatic heterocycles. The van der Waals surface area contributed by atoms with Crippen LogP contribution in [0.2, 0.25) is 0 Å². The van der Waals surface area contributed by atoms with Crippen LogP contribution in [0.15, 0.2) is 65.5 Å². The maximum absolute atomic E-state index is 12.4. The number of fused-ring (bicyclic) bond motifs is 1. The molecule has 4 aromatic rings. The Kier molecular flexibility index (Phi) is 4.74. The Labute approximate surface area is 165 Å². The third-order valence-electron chi connectivity index (χ3n) is 4.40. The van der Waals surface area contributed by atoms with Crippen molar-refractivity contribution in [3.63, 3.8) is 0 Å². The Morgan fingerprint density at radius 1 is 0.897 bits per heavy atom. The summed E-state index contributed by atoms with van der Waals surface area (Å²) in [7, 11) is 0. The summed E-state index contributed by atoms with van der Waals surface area (Å²) in [6, 6.07) is 17.9. The Hall–Kier alpha value is -4.07. The van der Waals surface area contributed by atoms with Gasteiger partial charge in [-0.2, -0.15) is 9.61 Å². The summed E-state index contributed by atoms with van der Waals surface area (Å²) in [5.41, 5.74) is 5.07. The van der Waals surface area contributed by atoms with E-state index in [1.54, 1.807) is 38.1 Å². The van der Waals surface area contributed by atoms with Crippen molar-refractivity contribution in [3.8, 4) is 0 Å². The molecule has 0 atom stereocenters. The Bertz CT molecular complexity index is 1300. The summed E-state index contributed by atoms with van der Waals surface area (Å²) in [4.78, 5) is 30.1. The van der Waals surface area contributed by atoms with Gasteiger partial charge in [-0.15, -0.1) is 10.2 Å². The lowest BCUT2D eigenvalue weighted by Crippen LogP contribution is -2.27. The minimum atomic E-state index is -0.542. The standard InChI is InChI=1S/C21H17N5O3/c1-13-17(19-23-22-14(2)20(27)26(19)24-13)18(15-9-5-3-6-10-15)25-29-21(28)16-11-7-4-8-12-16/h3-12,25H,1-2H3/b18-17+. The first kappa shape index (κ1) is 18.3. The topological polar surface area (TPSA) is 98.5 Å². The fourth-order valence-corrected chi connectivity index (χ4v) is 2.95. The van der Waals surface area contributed by atoms with Crippen molar-refractivity contribution in [1.82, 2.24) is 25.3 Å². The lowest BCUT2D eigenvalue weighted by Gasteiger charge is -2.11. The summed E-state index contributed by atoms with van der Waals surface area (Å²) in [6.07, 6.45) is 0. The molecule has 0 aliphatic heterocycles. The number of nitrogens with zero attached hydrogens (tertiary/aromatic N) is 4. The van der Waals surface area contributed by atoms with Crippen molar-refractivity contribution in [2.75, 3.05) is 0 Å². The molecule has 29 heavy (non-hydrogen) atoms. The molecule has 4 rings (SSSR count). The van der Waals surface area contributed by atoms with Crippen LogP contribution < -0.4 is 16.3 Å². The van der Waals surface area contributed by atoms with Gasteiger partial charge < -0.3 is 4.84 Å². The highest BCUT2D eigenvalue weighted by molar-refractivity contribution is 5.89. The van der Waals surface area contributed by atoms with Crippen molar-refractivity contribution in [1.29, 1.82) is 0 Å². The largest absolute Gasteiger partial charge is 0.362 e. The van der Waals surface area contributed by atoms with Crippen LogP contribution in [0.4, 0.5) is 0 Å². The minimum Gasteiger partial charge on any atom is -0.338 e. The van der Waals surface area contributed by atoms with Crippen LogP contribution >= 0.6 is 0 Å². The molecule has 0 saturated carbocycles. The first-order valence-electron chi connectivity index (χ1n) is 8.91. The van der Waals surface area contributed by atoms with Gasteiger partial charge in [0.25, 0.3) is 5.56 Å². The monoisotopic (exact) mass is 387 g/mol. The van der Waals surface area contributed by atoms with Crippen molar-refractivity contribution in [2.45, 2.75) is 13.8 Å². The molecule has 0 aliphatic rings. The van der Waals surface area contributed by atoms with Crippen LogP contribution in [0, 0.1) is 13.8 Å². The normalized spacial score (nSPS) is 11.9. The fourth-order valence-electron chi connectivity index (χ4n) is 2.95. The molecule has 0 bridgehead atoms. The third-order valence-corrected chi connectivity index (χ3v) is 4.40. The maximum atomic E-state index is 12.4. The number of aryl methyl sites for hydroxylation is 2. The minimum absolute atomic E-state index is 0.247. The van der Waals surface area contributed by atoms with Gasteiger partial charge in [-0.25, -0.2) is 10.3 Å². The van der Waals surface area contributed by atoms with E-state index in [9.17, 15) is 9.59 Å². The number of benzene rings is 2. The molecule has 0 radical (unpaired) electrons. The van der Waals surface area contributed by atoms with Crippen molar-refractivity contribution in [2.24, 2.45) is 0 Å². The number of carbonyl (C=O) groups is 1. The molecule has 0 aliphatic carbocycles. The van der Waals surface area contributed by atoms with Crippen LogP contribution in [0.25, 0.3) is 11.3 Å². The molecule has 1 N–H and O–H groups in total. The zero-order valence-corrected chi connectivity index (χ0v) is 15.8. The highest BCUT2D eigenvalue weighted by Crippen LogP contribution is 2.11. The second-order valence-electron chi connectivity index (χ2n) is 6.39. The van der Waals surface area contributed by atoms with E-state index in [-0.39, 0.29) is 16.9 Å². The lowest BCUT2D eigenvalue weighted by molar-refractivity contribution is 0.0368. The van der Waals surface area contributed by atoms with Gasteiger partial charge in [-0.05, 0) is 26.0 Å². The summed E-state index contributed by atoms with van der Waals surface area (Å²) in [5.74, 6) is -0.542. The predicted molar refractivity (Wildman–Crippen MR) is 106 cm³/mol. The second-order valence-corrected chi connectivity index (χ2v) is 6.39. The Morgan fingerprint density at radius 2 is 1.52 bits per heavy atom. The highest BCUT2D eigenvalue weighted by atomic mass is 16.7. The molecule has 144 valence electrons. The van der Waals surface area contributed by atoms with Crippen LogP contribution in [-0.2, 0) is 4.84 Å². The highest BCUT2D eigenvalue weighted by Gasteiger charge is 2.16. The summed E-state index contributed by atoms with van der Waals surface area (Å²) >= 11 is 0. The van der Waals surface area contributed by atoms with E-state index in [1.807, 2.05) is 36.4 Å². The van der Waals surface area contributed by atoms with E-state index in [2.05, 4.69) is 20.8 Å². The van der Waals surface area contributed by atoms with Crippen LogP contribution in [-0.4, -0.2) is 25.8 Å². The van der Waals surface area contributed by atoms with Gasteiger partial charge >= 0.3 is 5.97 Å². The average molecular weight is 387 g/mol. The van der Waals surface area contributed by atoms with Gasteiger partial charge in [0, 0.05) is 5.56 Å². The molecule has 0 fully saturated rings. The van der Waals surface area contributed by atoms with Crippen molar-refractivity contribution in [3.05, 3.63) is 98.8 Å². The van der Waals surface area contributed by atoms with E-state index in [0.717, 1.165) is 5.56 Å². The van der Waals surface area contributed by atoms with Gasteiger partial charge in [0.05, 0.1) is 22.2 Å². The van der Waals surface area contributed by atoms with E-state index in [1.165, 1.54) is 4.52 Å². The third kappa shape index (κ3) is 3.43. The number of aromatic nitrogens is 4. The second kappa shape index (κ2) is 7.51. The van der Waals surface area contributed by atoms with Gasteiger partial charge in [0.1, 0.15) is 5.69 Å². The van der Waals surface area contributed by atoms with Gasteiger partial charge in [-0.1, -0.05) is 48.5 Å². The van der Waals surface area contributed by atoms with E-state index >= 15 is 0 Å². The average Bonchev–Trinajstić information content (AvgIpc) is 3.09. The number of hydrogen-bond donors (Lipinski definition) is 1. The number of hydrogen-bond acceptors (Lipinski definition) is 7.